The second kappa shape index (κ2) is 29.3. The van der Waals surface area contributed by atoms with E-state index in [1.54, 1.807) is 66.0 Å². The minimum atomic E-state index is -2.55. The highest BCUT2D eigenvalue weighted by molar-refractivity contribution is 6.39. The molecule has 2 bridgehead atoms. The monoisotopic (exact) mass is 1040 g/mol. The van der Waals surface area contributed by atoms with Gasteiger partial charge in [0, 0.05) is 44.9 Å². The van der Waals surface area contributed by atoms with Gasteiger partial charge in [0.25, 0.3) is 11.7 Å². The minimum absolute atomic E-state index is 0.0270. The number of amides is 2. The van der Waals surface area contributed by atoms with Crippen LogP contribution in [0.5, 0.6) is 0 Å². The van der Waals surface area contributed by atoms with Crippen molar-refractivity contribution in [3.63, 3.8) is 0 Å². The summed E-state index contributed by atoms with van der Waals surface area (Å²) in [6.07, 6.45) is 15.6. The number of piperidine rings is 1. The molecule has 4 aliphatic rings. The van der Waals surface area contributed by atoms with Gasteiger partial charge in [-0.3, -0.25) is 24.0 Å². The van der Waals surface area contributed by atoms with E-state index in [1.807, 2.05) is 26.0 Å². The van der Waals surface area contributed by atoms with Gasteiger partial charge in [0.2, 0.25) is 5.79 Å². The molecule has 0 aromatic heterocycles. The van der Waals surface area contributed by atoms with E-state index >= 15 is 0 Å². The number of aliphatic hydroxyl groups excluding tert-OH is 1. The Morgan fingerprint density at radius 3 is 2.34 bits per heavy atom. The summed E-state index contributed by atoms with van der Waals surface area (Å²) in [6.45, 7) is 12.3. The van der Waals surface area contributed by atoms with Gasteiger partial charge in [0.15, 0.2) is 12.4 Å². The summed E-state index contributed by atoms with van der Waals surface area (Å²) in [5.41, 5.74) is 1.06. The first-order valence-corrected chi connectivity index (χ1v) is 26.5. The van der Waals surface area contributed by atoms with Crippen LogP contribution in [0.3, 0.4) is 0 Å². The number of hydrogen-bond acceptors (Lipinski definition) is 15. The Balaban J connectivity index is 1.72. The molecule has 17 heteroatoms. The number of cyclic esters (lactones) is 1. The van der Waals surface area contributed by atoms with Crippen LogP contribution in [-0.2, 0) is 57.2 Å². The number of terminal acetylenes is 1. The molecular formula is C57H84N2O15. The van der Waals surface area contributed by atoms with Crippen LogP contribution in [0.2, 0.25) is 0 Å². The fraction of sp³-hybridized carbons (Fsp3) is 0.702. The third-order valence-corrected chi connectivity index (χ3v) is 15.7. The molecule has 0 spiro atoms. The number of ether oxygens (including phenoxy) is 6. The number of methoxy groups -OCH3 is 3. The lowest BCUT2D eigenvalue weighted by atomic mass is 9.74. The molecule has 3 N–H and O–H groups in total. The molecule has 15 atom stereocenters. The number of carbonyl (C=O) groups is 7. The molecule has 2 saturated heterocycles. The van der Waals surface area contributed by atoms with E-state index in [-0.39, 0.29) is 74.3 Å². The van der Waals surface area contributed by atoms with Crippen molar-refractivity contribution in [2.24, 2.45) is 41.4 Å². The Morgan fingerprint density at radius 2 is 1.66 bits per heavy atom. The van der Waals surface area contributed by atoms with Gasteiger partial charge in [-0.15, -0.1) is 6.42 Å². The number of fused-ring (bicyclic) bond motifs is 3. The maximum absolute atomic E-state index is 14.6. The lowest BCUT2D eigenvalue weighted by Crippen LogP contribution is -2.61. The summed E-state index contributed by atoms with van der Waals surface area (Å²) >= 11 is 0. The quantitative estimate of drug-likeness (QED) is 0.0716. The summed E-state index contributed by atoms with van der Waals surface area (Å²) in [6, 6.07) is -1.87. The highest BCUT2D eigenvalue weighted by Crippen LogP contribution is 2.39. The lowest BCUT2D eigenvalue weighted by molar-refractivity contribution is -0.264. The van der Waals surface area contributed by atoms with Crippen molar-refractivity contribution in [2.45, 2.75) is 180 Å². The second-order valence-electron chi connectivity index (χ2n) is 21.3. The molecule has 1 unspecified atom stereocenters. The van der Waals surface area contributed by atoms with Crippen molar-refractivity contribution in [3.8, 4) is 12.3 Å². The minimum Gasteiger partial charge on any atom is -0.460 e. The normalized spacial score (nSPS) is 36.6. The number of Topliss-reactive ketones (excluding diaryl/α,β-unsaturated/α-hetero) is 3. The van der Waals surface area contributed by atoms with E-state index in [2.05, 4.69) is 11.2 Å². The number of nitrogens with zero attached hydrogens (tertiary/aromatic N) is 1. The summed E-state index contributed by atoms with van der Waals surface area (Å²) in [4.78, 5) is 97.7. The molecule has 3 fully saturated rings. The Kier molecular flexibility index (Phi) is 24.4. The predicted octanol–water partition coefficient (Wildman–Crippen LogP) is 6.71. The number of aliphatic hydroxyl groups is 2. The lowest BCUT2D eigenvalue weighted by Gasteiger charge is -2.43. The van der Waals surface area contributed by atoms with Crippen LogP contribution in [0.15, 0.2) is 47.6 Å². The van der Waals surface area contributed by atoms with Gasteiger partial charge < -0.3 is 48.9 Å². The molecule has 3 heterocycles. The number of esters is 2. The number of nitrogens with one attached hydrogen (secondary N) is 1. The highest BCUT2D eigenvalue weighted by Gasteiger charge is 2.53. The number of allylic oxidation sites excluding steroid dienone is 6. The molecule has 1 saturated carbocycles. The number of carbonyl (C=O) groups excluding carboxylic acids is 7. The zero-order valence-electron chi connectivity index (χ0n) is 45.4. The second-order valence-corrected chi connectivity index (χ2v) is 21.3. The Labute approximate surface area is 438 Å². The van der Waals surface area contributed by atoms with Gasteiger partial charge in [0.05, 0.1) is 31.8 Å². The average Bonchev–Trinajstić information content (AvgIpc) is 3.37. The first kappa shape index (κ1) is 61.6. The Hall–Kier alpha value is -4.99. The Morgan fingerprint density at radius 1 is 0.932 bits per heavy atom. The van der Waals surface area contributed by atoms with Crippen LogP contribution < -0.4 is 5.32 Å². The number of ketones is 3. The predicted molar refractivity (Wildman–Crippen MR) is 276 cm³/mol. The summed E-state index contributed by atoms with van der Waals surface area (Å²) in [5, 5.41) is 26.4. The molecule has 74 heavy (non-hydrogen) atoms. The van der Waals surface area contributed by atoms with Crippen molar-refractivity contribution >= 4 is 41.3 Å². The van der Waals surface area contributed by atoms with Crippen molar-refractivity contribution < 1.29 is 72.2 Å². The van der Waals surface area contributed by atoms with Crippen LogP contribution in [-0.4, -0.2) is 139 Å². The molecule has 2 amide bonds. The van der Waals surface area contributed by atoms with Gasteiger partial charge in [-0.2, -0.15) is 0 Å². The molecule has 0 aromatic carbocycles. The molecule has 3 aliphatic heterocycles. The maximum Gasteiger partial charge on any atom is 0.407 e. The zero-order valence-corrected chi connectivity index (χ0v) is 45.4. The SMILES string of the molecule is C#CCOC(=O)C[C@H]1CC[C@@H](C[C@@H](C)[C@@H]2CC(=O)[C@H](C)/C=C(\C)[C@@H](O)[C@@H](OC)C(=O)[C@H](C)C[C@H](C)/C=C/C=C/C=C(\C)C(NC(=O)OC)C[C@@H]3CC[C@@H](C)[C@@](O)(O3)C(=O)C(=O)N3CCCC[C@H]3C(=O)O2)C[C@H]1OC. The van der Waals surface area contributed by atoms with Crippen molar-refractivity contribution in [3.05, 3.63) is 47.6 Å². The first-order chi connectivity index (χ1) is 35.1. The van der Waals surface area contributed by atoms with Crippen LogP contribution in [0.25, 0.3) is 0 Å². The van der Waals surface area contributed by atoms with E-state index in [0.717, 1.165) is 11.3 Å². The van der Waals surface area contributed by atoms with Gasteiger partial charge in [-0.1, -0.05) is 82.6 Å². The van der Waals surface area contributed by atoms with Crippen LogP contribution in [0.4, 0.5) is 4.79 Å². The van der Waals surface area contributed by atoms with E-state index in [1.165, 1.54) is 14.2 Å². The van der Waals surface area contributed by atoms with Crippen LogP contribution in [0, 0.1) is 53.8 Å². The Bertz CT molecular complexity index is 2130. The third-order valence-electron chi connectivity index (χ3n) is 15.7. The fourth-order valence-corrected chi connectivity index (χ4v) is 11.0. The van der Waals surface area contributed by atoms with Gasteiger partial charge in [0.1, 0.15) is 30.1 Å². The van der Waals surface area contributed by atoms with E-state index in [9.17, 15) is 43.8 Å². The summed E-state index contributed by atoms with van der Waals surface area (Å²) < 4.78 is 34.0. The largest absolute Gasteiger partial charge is 0.460 e. The van der Waals surface area contributed by atoms with Gasteiger partial charge in [-0.05, 0) is 114 Å². The fourth-order valence-electron chi connectivity index (χ4n) is 11.0. The van der Waals surface area contributed by atoms with Crippen molar-refractivity contribution in [1.82, 2.24) is 10.2 Å². The van der Waals surface area contributed by atoms with Crippen LogP contribution >= 0.6 is 0 Å². The topological polar surface area (TPSA) is 231 Å². The molecule has 0 aromatic rings. The standard InChI is InChI=1S/C57H84N2O15/c1-12-26-72-49(61)31-42-23-22-41(30-48(42)69-9)29-37(5)47-33-46(60)36(4)28-39(7)51(63)52(70-10)50(62)38(6)27-34(2)18-14-13-15-19-35(3)44(58-56(67)71-11)32-43-24-21-40(8)57(68,74-43)53(64)54(65)59-25-17-16-20-45(59)55(66)73-47/h1,13-15,18-19,28,34,36-38,40-45,47-48,51-52,63,68H,16-17,20-27,29-33H2,2-11H3,(H,58,67)/b15-13+,18-14+,35-19+,39-28+/t34-,36-,37-,38-,40-,41+,42-,43+,44?,45+,47+,48-,51-,52+,57-/m1/s1. The zero-order chi connectivity index (χ0) is 54.9. The summed E-state index contributed by atoms with van der Waals surface area (Å²) in [5.74, 6) is -6.94. The first-order valence-electron chi connectivity index (χ1n) is 26.5. The maximum atomic E-state index is 14.6. The molecule has 412 valence electrons. The number of hydrogen-bond donors (Lipinski definition) is 3. The average molecular weight is 1040 g/mol. The molecule has 0 radical (unpaired) electrons. The molecule has 4 rings (SSSR count). The van der Waals surface area contributed by atoms with E-state index < -0.39 is 95.7 Å². The van der Waals surface area contributed by atoms with E-state index in [4.69, 9.17) is 34.8 Å². The van der Waals surface area contributed by atoms with Gasteiger partial charge >= 0.3 is 18.0 Å². The third kappa shape index (κ3) is 17.0. The summed E-state index contributed by atoms with van der Waals surface area (Å²) in [7, 11) is 4.19. The van der Waals surface area contributed by atoms with Crippen molar-refractivity contribution in [1.29, 1.82) is 0 Å². The number of rotatable bonds is 9. The van der Waals surface area contributed by atoms with Crippen molar-refractivity contribution in [2.75, 3.05) is 34.5 Å². The molecular weight excluding hydrogens is 953 g/mol. The smallest absolute Gasteiger partial charge is 0.407 e. The molecule has 17 nitrogen and oxygen atoms in total. The number of alkyl carbamates (subject to hydrolysis) is 1. The molecule has 1 aliphatic carbocycles. The highest BCUT2D eigenvalue weighted by atomic mass is 16.6. The van der Waals surface area contributed by atoms with Crippen LogP contribution in [0.1, 0.15) is 132 Å². The van der Waals surface area contributed by atoms with E-state index in [0.29, 0.717) is 62.5 Å². The van der Waals surface area contributed by atoms with Gasteiger partial charge in [-0.25, -0.2) is 9.59 Å².